The highest BCUT2D eigenvalue weighted by Crippen LogP contribution is 2.02. The van der Waals surface area contributed by atoms with Crippen LogP contribution in [0.3, 0.4) is 0 Å². The Labute approximate surface area is 122 Å². The average molecular weight is 266 g/mol. The first kappa shape index (κ1) is 17.6. The second-order valence-electron chi connectivity index (χ2n) is 3.59. The third-order valence-electron chi connectivity index (χ3n) is 2.23. The van der Waals surface area contributed by atoms with Crippen LogP contribution in [0.1, 0.15) is 19.4 Å². The highest BCUT2D eigenvalue weighted by Gasteiger charge is 1.90. The molecule has 1 aromatic carbocycles. The van der Waals surface area contributed by atoms with Crippen LogP contribution in [-0.2, 0) is 4.79 Å². The second-order valence-corrected chi connectivity index (χ2v) is 3.59. The Morgan fingerprint density at radius 2 is 1.65 bits per heavy atom. The molecule has 0 radical (unpaired) electrons. The predicted molar refractivity (Wildman–Crippen MR) is 89.4 cm³/mol. The first-order valence-corrected chi connectivity index (χ1v) is 6.66. The summed E-state index contributed by atoms with van der Waals surface area (Å²) in [5, 5.41) is 0. The number of hydrogen-bond acceptors (Lipinski definition) is 1. The minimum Gasteiger partial charge on any atom is -0.290 e. The van der Waals surface area contributed by atoms with Crippen molar-refractivity contribution >= 4 is 11.9 Å². The monoisotopic (exact) mass is 266 g/mol. The molecule has 104 valence electrons. The van der Waals surface area contributed by atoms with Gasteiger partial charge in [0, 0.05) is 0 Å². The fourth-order valence-corrected chi connectivity index (χ4v) is 1.30. The molecule has 0 spiro atoms. The van der Waals surface area contributed by atoms with E-state index in [0.717, 1.165) is 11.1 Å². The van der Waals surface area contributed by atoms with Crippen LogP contribution < -0.4 is 0 Å². The molecule has 0 unspecified atom stereocenters. The van der Waals surface area contributed by atoms with Gasteiger partial charge in [-0.25, -0.2) is 0 Å². The highest BCUT2D eigenvalue weighted by molar-refractivity contribution is 6.02. The van der Waals surface area contributed by atoms with Crippen molar-refractivity contribution in [2.75, 3.05) is 0 Å². The van der Waals surface area contributed by atoms with Crippen LogP contribution in [0.25, 0.3) is 6.08 Å². The summed E-state index contributed by atoms with van der Waals surface area (Å²) in [5.74, 6) is -0.0596. The molecule has 0 aliphatic carbocycles. The summed E-state index contributed by atoms with van der Waals surface area (Å²) < 4.78 is 0. The number of carbonyl (C=O) groups excluding carboxylic acids is 1. The number of carbonyl (C=O) groups is 1. The van der Waals surface area contributed by atoms with Gasteiger partial charge in [0.15, 0.2) is 5.78 Å². The molecule has 0 saturated heterocycles. The maximum Gasteiger partial charge on any atom is 0.178 e. The number of benzene rings is 1. The molecule has 0 bridgehead atoms. The fourth-order valence-electron chi connectivity index (χ4n) is 1.30. The summed E-state index contributed by atoms with van der Waals surface area (Å²) in [6.45, 7) is 11.2. The predicted octanol–water partition coefficient (Wildman–Crippen LogP) is 5.15. The van der Waals surface area contributed by atoms with E-state index in [-0.39, 0.29) is 5.78 Å². The summed E-state index contributed by atoms with van der Waals surface area (Å²) in [5.41, 5.74) is 1.86. The maximum absolute atomic E-state index is 11.6. The van der Waals surface area contributed by atoms with E-state index in [1.54, 1.807) is 36.5 Å². The van der Waals surface area contributed by atoms with Crippen LogP contribution in [0.15, 0.2) is 85.5 Å². The average Bonchev–Trinajstić information content (AvgIpc) is 2.52. The minimum atomic E-state index is -0.0596. The molecule has 20 heavy (non-hydrogen) atoms. The topological polar surface area (TPSA) is 17.1 Å². The fraction of sp³-hybridized carbons (Fsp3) is 0.105. The molecule has 0 heterocycles. The Bertz CT molecular complexity index is 502. The van der Waals surface area contributed by atoms with E-state index in [1.165, 1.54) is 6.08 Å². The number of rotatable bonds is 6. The third kappa shape index (κ3) is 7.83. The normalized spacial score (nSPS) is 11.0. The zero-order valence-electron chi connectivity index (χ0n) is 12.3. The van der Waals surface area contributed by atoms with Gasteiger partial charge in [-0.3, -0.25) is 4.79 Å². The van der Waals surface area contributed by atoms with Crippen molar-refractivity contribution < 1.29 is 4.79 Å². The molecular weight excluding hydrogens is 244 g/mol. The summed E-state index contributed by atoms with van der Waals surface area (Å²) in [7, 11) is 0. The lowest BCUT2D eigenvalue weighted by Crippen LogP contribution is -1.85. The van der Waals surface area contributed by atoms with Gasteiger partial charge in [0.1, 0.15) is 0 Å². The lowest BCUT2D eigenvalue weighted by Gasteiger charge is -1.91. The van der Waals surface area contributed by atoms with Crippen LogP contribution in [-0.4, -0.2) is 5.78 Å². The van der Waals surface area contributed by atoms with Gasteiger partial charge in [-0.2, -0.15) is 0 Å². The summed E-state index contributed by atoms with van der Waals surface area (Å²) in [4.78, 5) is 11.6. The van der Waals surface area contributed by atoms with E-state index in [4.69, 9.17) is 0 Å². The van der Waals surface area contributed by atoms with E-state index in [9.17, 15) is 4.79 Å². The van der Waals surface area contributed by atoms with E-state index >= 15 is 0 Å². The van der Waals surface area contributed by atoms with Gasteiger partial charge in [-0.1, -0.05) is 87.7 Å². The van der Waals surface area contributed by atoms with Gasteiger partial charge in [-0.05, 0) is 23.3 Å². The van der Waals surface area contributed by atoms with Crippen LogP contribution in [0.2, 0.25) is 0 Å². The van der Waals surface area contributed by atoms with Crippen molar-refractivity contribution in [2.45, 2.75) is 13.8 Å². The zero-order chi connectivity index (χ0) is 15.2. The van der Waals surface area contributed by atoms with Gasteiger partial charge in [0.05, 0.1) is 0 Å². The van der Waals surface area contributed by atoms with Crippen molar-refractivity contribution in [3.8, 4) is 0 Å². The number of allylic oxidation sites excluding steroid dienone is 7. The highest BCUT2D eigenvalue weighted by atomic mass is 16.1. The Morgan fingerprint density at radius 3 is 2.20 bits per heavy atom. The second kappa shape index (κ2) is 11.7. The van der Waals surface area contributed by atoms with Gasteiger partial charge in [-0.15, -0.1) is 0 Å². The molecule has 0 saturated carbocycles. The summed E-state index contributed by atoms with van der Waals surface area (Å²) in [6.07, 6.45) is 11.7. The molecule has 1 heteroatoms. The van der Waals surface area contributed by atoms with Gasteiger partial charge in [0.2, 0.25) is 0 Å². The van der Waals surface area contributed by atoms with Crippen LogP contribution >= 0.6 is 0 Å². The summed E-state index contributed by atoms with van der Waals surface area (Å²) in [6, 6.07) is 9.70. The molecule has 0 aliphatic heterocycles. The van der Waals surface area contributed by atoms with E-state index in [2.05, 4.69) is 13.2 Å². The third-order valence-corrected chi connectivity index (χ3v) is 2.23. The van der Waals surface area contributed by atoms with Crippen LogP contribution in [0.5, 0.6) is 0 Å². The van der Waals surface area contributed by atoms with Crippen LogP contribution in [0.4, 0.5) is 0 Å². The largest absolute Gasteiger partial charge is 0.290 e. The number of hydrogen-bond donors (Lipinski definition) is 0. The first-order chi connectivity index (χ1) is 9.76. The zero-order valence-corrected chi connectivity index (χ0v) is 12.3. The molecule has 0 fully saturated rings. The molecule has 1 rings (SSSR count). The maximum atomic E-state index is 11.6. The van der Waals surface area contributed by atoms with E-state index in [0.29, 0.717) is 0 Å². The van der Waals surface area contributed by atoms with Crippen molar-refractivity contribution in [3.63, 3.8) is 0 Å². The molecular formula is C19H22O. The van der Waals surface area contributed by atoms with Gasteiger partial charge < -0.3 is 0 Å². The molecule has 0 aliphatic rings. The van der Waals surface area contributed by atoms with E-state index in [1.807, 2.05) is 44.2 Å². The van der Waals surface area contributed by atoms with Crippen molar-refractivity contribution in [1.29, 1.82) is 0 Å². The molecule has 1 aromatic rings. The van der Waals surface area contributed by atoms with E-state index < -0.39 is 0 Å². The smallest absolute Gasteiger partial charge is 0.178 e. The quantitative estimate of drug-likeness (QED) is 0.514. The Hall–Kier alpha value is -2.41. The molecule has 0 amide bonds. The lowest BCUT2D eigenvalue weighted by atomic mass is 10.1. The minimum absolute atomic E-state index is 0.0596. The van der Waals surface area contributed by atoms with Crippen molar-refractivity contribution in [2.24, 2.45) is 0 Å². The summed E-state index contributed by atoms with van der Waals surface area (Å²) >= 11 is 0. The lowest BCUT2D eigenvalue weighted by molar-refractivity contribution is -0.110. The van der Waals surface area contributed by atoms with Crippen LogP contribution in [0, 0.1) is 0 Å². The molecule has 1 nitrogen and oxygen atoms in total. The Kier molecular flexibility index (Phi) is 10.3. The Morgan fingerprint density at radius 1 is 1.00 bits per heavy atom. The van der Waals surface area contributed by atoms with Gasteiger partial charge >= 0.3 is 0 Å². The molecule has 0 N–H and O–H groups in total. The van der Waals surface area contributed by atoms with Crippen molar-refractivity contribution in [1.82, 2.24) is 0 Å². The SMILES string of the molecule is C=C/C=C(C=C)/C=C/C(=O)/C=C/c1ccccc1.CC. The standard InChI is InChI=1S/C17H16O.C2H6/c1-3-8-15(4-2)11-13-17(18)14-12-16-9-6-5-7-10-16;1-2/h3-14H,1-2H2;1-2H3/b13-11+,14-12+,15-8+;. The molecule has 0 atom stereocenters. The van der Waals surface area contributed by atoms with Crippen molar-refractivity contribution in [3.05, 3.63) is 91.1 Å². The first-order valence-electron chi connectivity index (χ1n) is 6.66. The van der Waals surface area contributed by atoms with Gasteiger partial charge in [0.25, 0.3) is 0 Å². The number of ketones is 1. The Balaban J connectivity index is 0.00000172. The molecule has 0 aromatic heterocycles.